The molecule has 0 unspecified atom stereocenters. The van der Waals surface area contributed by atoms with Crippen molar-refractivity contribution in [1.29, 1.82) is 0 Å². The standard InChI is InChI=1S/C21H14ClN3O4/c22-14-5-2-7-17(11-14)25-19(26)18(23-21(25)29)12-16-8-3-9-24(16)15-6-1-4-13(10-15)20(27)28/h1-12H,(H,23,29)(H,27,28)/p-1/b18-12+. The van der Waals surface area contributed by atoms with E-state index in [2.05, 4.69) is 5.32 Å². The van der Waals surface area contributed by atoms with Gasteiger partial charge in [-0.05, 0) is 54.1 Å². The molecule has 3 aromatic rings. The van der Waals surface area contributed by atoms with Gasteiger partial charge in [0.2, 0.25) is 0 Å². The highest BCUT2D eigenvalue weighted by atomic mass is 35.5. The van der Waals surface area contributed by atoms with E-state index in [4.69, 9.17) is 11.6 Å². The second-order valence-corrected chi connectivity index (χ2v) is 6.69. The highest BCUT2D eigenvalue weighted by molar-refractivity contribution is 6.32. The Hall–Kier alpha value is -3.84. The van der Waals surface area contributed by atoms with Gasteiger partial charge in [0, 0.05) is 22.6 Å². The highest BCUT2D eigenvalue weighted by Gasteiger charge is 2.35. The van der Waals surface area contributed by atoms with Crippen LogP contribution in [0.15, 0.2) is 72.6 Å². The number of hydrogen-bond donors (Lipinski definition) is 1. The molecule has 2 aromatic carbocycles. The van der Waals surface area contributed by atoms with E-state index in [1.165, 1.54) is 24.3 Å². The van der Waals surface area contributed by atoms with Gasteiger partial charge in [-0.25, -0.2) is 9.69 Å². The Morgan fingerprint density at radius 1 is 1.00 bits per heavy atom. The molecule has 0 saturated carbocycles. The van der Waals surface area contributed by atoms with Gasteiger partial charge in [0.05, 0.1) is 11.7 Å². The first-order valence-corrected chi connectivity index (χ1v) is 8.94. The predicted octanol–water partition coefficient (Wildman–Crippen LogP) is 2.59. The van der Waals surface area contributed by atoms with Gasteiger partial charge in [0.25, 0.3) is 5.91 Å². The first-order valence-electron chi connectivity index (χ1n) is 8.56. The molecular formula is C21H13ClN3O4-. The molecule has 0 bridgehead atoms. The van der Waals surface area contributed by atoms with Crippen molar-refractivity contribution in [3.8, 4) is 5.69 Å². The molecule has 1 aromatic heterocycles. The molecule has 1 fully saturated rings. The SMILES string of the molecule is O=C([O-])c1cccc(-n2cccc2/C=C2/NC(=O)N(c3cccc(Cl)c3)C2=O)c1. The third-order valence-corrected chi connectivity index (χ3v) is 4.61. The van der Waals surface area contributed by atoms with E-state index in [-0.39, 0.29) is 11.3 Å². The van der Waals surface area contributed by atoms with Crippen LogP contribution in [0.3, 0.4) is 0 Å². The van der Waals surface area contributed by atoms with E-state index in [0.29, 0.717) is 22.1 Å². The number of rotatable bonds is 4. The lowest BCUT2D eigenvalue weighted by Gasteiger charge is -2.12. The van der Waals surface area contributed by atoms with Crippen molar-refractivity contribution in [2.24, 2.45) is 0 Å². The van der Waals surface area contributed by atoms with Crippen molar-refractivity contribution < 1.29 is 19.5 Å². The Kier molecular flexibility index (Phi) is 4.66. The average Bonchev–Trinajstić information content (AvgIpc) is 3.26. The van der Waals surface area contributed by atoms with Crippen molar-refractivity contribution in [3.63, 3.8) is 0 Å². The number of benzene rings is 2. The lowest BCUT2D eigenvalue weighted by molar-refractivity contribution is -0.255. The van der Waals surface area contributed by atoms with Crippen LogP contribution in [0.4, 0.5) is 10.5 Å². The summed E-state index contributed by atoms with van der Waals surface area (Å²) in [5, 5.41) is 14.1. The summed E-state index contributed by atoms with van der Waals surface area (Å²) in [5.41, 5.74) is 1.64. The lowest BCUT2D eigenvalue weighted by Crippen LogP contribution is -2.30. The van der Waals surface area contributed by atoms with Crippen LogP contribution in [0.1, 0.15) is 16.1 Å². The Balaban J connectivity index is 1.69. The maximum Gasteiger partial charge on any atom is 0.333 e. The predicted molar refractivity (Wildman–Crippen MR) is 106 cm³/mol. The monoisotopic (exact) mass is 406 g/mol. The van der Waals surface area contributed by atoms with Gasteiger partial charge in [0.1, 0.15) is 5.70 Å². The molecule has 4 rings (SSSR count). The zero-order valence-corrected chi connectivity index (χ0v) is 15.6. The largest absolute Gasteiger partial charge is 0.545 e. The number of imide groups is 1. The topological polar surface area (TPSA) is 94.5 Å². The third-order valence-electron chi connectivity index (χ3n) is 4.38. The summed E-state index contributed by atoms with van der Waals surface area (Å²) in [6.07, 6.45) is 3.24. The molecule has 0 spiro atoms. The molecular weight excluding hydrogens is 394 g/mol. The van der Waals surface area contributed by atoms with Crippen LogP contribution < -0.4 is 15.3 Å². The molecule has 0 atom stereocenters. The quantitative estimate of drug-likeness (QED) is 0.532. The number of amides is 3. The molecule has 7 nitrogen and oxygen atoms in total. The summed E-state index contributed by atoms with van der Waals surface area (Å²) < 4.78 is 1.70. The van der Waals surface area contributed by atoms with Gasteiger partial charge in [-0.15, -0.1) is 0 Å². The van der Waals surface area contributed by atoms with E-state index in [0.717, 1.165) is 4.90 Å². The number of anilines is 1. The summed E-state index contributed by atoms with van der Waals surface area (Å²) in [6, 6.07) is 15.5. The fourth-order valence-electron chi connectivity index (χ4n) is 3.06. The van der Waals surface area contributed by atoms with Gasteiger partial charge in [0.15, 0.2) is 0 Å². The summed E-state index contributed by atoms with van der Waals surface area (Å²) in [7, 11) is 0. The molecule has 2 heterocycles. The first kappa shape index (κ1) is 18.5. The van der Waals surface area contributed by atoms with E-state index in [1.807, 2.05) is 0 Å². The number of aromatic nitrogens is 1. The van der Waals surface area contributed by atoms with Crippen molar-refractivity contribution >= 4 is 41.3 Å². The van der Waals surface area contributed by atoms with Gasteiger partial charge < -0.3 is 19.8 Å². The summed E-state index contributed by atoms with van der Waals surface area (Å²) in [6.45, 7) is 0. The summed E-state index contributed by atoms with van der Waals surface area (Å²) >= 11 is 5.96. The molecule has 144 valence electrons. The van der Waals surface area contributed by atoms with E-state index in [9.17, 15) is 19.5 Å². The number of nitrogens with one attached hydrogen (secondary N) is 1. The number of carboxylic acid groups (broad SMARTS) is 1. The molecule has 3 amide bonds. The van der Waals surface area contributed by atoms with Crippen LogP contribution in [0.5, 0.6) is 0 Å². The zero-order chi connectivity index (χ0) is 20.5. The second-order valence-electron chi connectivity index (χ2n) is 6.25. The maximum absolute atomic E-state index is 12.8. The minimum Gasteiger partial charge on any atom is -0.545 e. The van der Waals surface area contributed by atoms with Crippen molar-refractivity contribution in [2.45, 2.75) is 0 Å². The maximum atomic E-state index is 12.8. The molecule has 0 aliphatic carbocycles. The summed E-state index contributed by atoms with van der Waals surface area (Å²) in [4.78, 5) is 37.2. The minimum atomic E-state index is -1.28. The number of carbonyl (C=O) groups excluding carboxylic acids is 3. The van der Waals surface area contributed by atoms with Gasteiger partial charge in [-0.3, -0.25) is 4.79 Å². The third kappa shape index (κ3) is 3.51. The van der Waals surface area contributed by atoms with Crippen molar-refractivity contribution in [2.75, 3.05) is 4.90 Å². The van der Waals surface area contributed by atoms with Crippen molar-refractivity contribution in [3.05, 3.63) is 88.8 Å². The first-order chi connectivity index (χ1) is 13.9. The number of aromatic carboxylic acids is 1. The van der Waals surface area contributed by atoms with E-state index < -0.39 is 17.9 Å². The molecule has 0 radical (unpaired) electrons. The Morgan fingerprint density at radius 3 is 2.52 bits per heavy atom. The molecule has 1 aliphatic rings. The van der Waals surface area contributed by atoms with Crippen LogP contribution in [0, 0.1) is 0 Å². The second kappa shape index (κ2) is 7.29. The van der Waals surface area contributed by atoms with E-state index >= 15 is 0 Å². The highest BCUT2D eigenvalue weighted by Crippen LogP contribution is 2.25. The number of hydrogen-bond acceptors (Lipinski definition) is 4. The Morgan fingerprint density at radius 2 is 1.76 bits per heavy atom. The zero-order valence-electron chi connectivity index (χ0n) is 14.8. The van der Waals surface area contributed by atoms with E-state index in [1.54, 1.807) is 53.2 Å². The number of urea groups is 1. The number of halogens is 1. The van der Waals surface area contributed by atoms with Gasteiger partial charge >= 0.3 is 6.03 Å². The number of nitrogens with zero attached hydrogens (tertiary/aromatic N) is 2. The lowest BCUT2D eigenvalue weighted by atomic mass is 10.2. The molecule has 8 heteroatoms. The molecule has 29 heavy (non-hydrogen) atoms. The normalized spacial score (nSPS) is 15.1. The van der Waals surface area contributed by atoms with Gasteiger partial charge in [-0.1, -0.05) is 29.8 Å². The van der Waals surface area contributed by atoms with Crippen LogP contribution >= 0.6 is 11.6 Å². The van der Waals surface area contributed by atoms with Crippen LogP contribution in [-0.2, 0) is 4.79 Å². The summed E-state index contributed by atoms with van der Waals surface area (Å²) in [5.74, 6) is -1.80. The Labute approximate surface area is 170 Å². The Bertz CT molecular complexity index is 1180. The fourth-order valence-corrected chi connectivity index (χ4v) is 3.25. The fraction of sp³-hybridized carbons (Fsp3) is 0. The number of carbonyl (C=O) groups is 3. The smallest absolute Gasteiger partial charge is 0.333 e. The van der Waals surface area contributed by atoms with Gasteiger partial charge in [-0.2, -0.15) is 0 Å². The van der Waals surface area contributed by atoms with Crippen LogP contribution in [0.25, 0.3) is 11.8 Å². The molecule has 1 saturated heterocycles. The molecule has 1 N–H and O–H groups in total. The van der Waals surface area contributed by atoms with Crippen LogP contribution in [-0.4, -0.2) is 22.5 Å². The van der Waals surface area contributed by atoms with Crippen molar-refractivity contribution in [1.82, 2.24) is 9.88 Å². The molecule has 1 aliphatic heterocycles. The average molecular weight is 407 g/mol. The number of carboxylic acids is 1. The minimum absolute atomic E-state index is 0.0344. The van der Waals surface area contributed by atoms with Crippen LogP contribution in [0.2, 0.25) is 5.02 Å².